The van der Waals surface area contributed by atoms with Gasteiger partial charge in [0.05, 0.1) is 11.9 Å². The number of imidazole rings is 1. The Balaban J connectivity index is 2.31. The zero-order valence-electron chi connectivity index (χ0n) is 13.3. The molecule has 2 heterocycles. The van der Waals surface area contributed by atoms with E-state index in [0.29, 0.717) is 5.69 Å². The highest BCUT2D eigenvalue weighted by atomic mass is 16.1. The second-order valence-electron chi connectivity index (χ2n) is 6.61. The van der Waals surface area contributed by atoms with E-state index in [0.717, 1.165) is 28.8 Å². The molecule has 0 amide bonds. The number of nitrogens with zero attached hydrogens (tertiary/aromatic N) is 3. The third-order valence-corrected chi connectivity index (χ3v) is 3.69. The smallest absolute Gasteiger partial charge is 0.170 e. The Morgan fingerprint density at radius 2 is 1.95 bits per heavy atom. The summed E-state index contributed by atoms with van der Waals surface area (Å²) in [6.45, 7) is 8.47. The molecule has 0 N–H and O–H groups in total. The summed E-state index contributed by atoms with van der Waals surface area (Å²) in [6, 6.07) is 10.3. The van der Waals surface area contributed by atoms with Crippen LogP contribution in [0.4, 0.5) is 0 Å². The fourth-order valence-electron chi connectivity index (χ4n) is 2.55. The van der Waals surface area contributed by atoms with Crippen LogP contribution in [-0.4, -0.2) is 20.9 Å². The molecule has 2 aromatic heterocycles. The molecule has 0 aliphatic rings. The molecule has 0 saturated carbocycles. The Morgan fingerprint density at radius 1 is 1.18 bits per heavy atom. The maximum Gasteiger partial charge on any atom is 0.170 e. The Labute approximate surface area is 129 Å². The quantitative estimate of drug-likeness (QED) is 0.675. The van der Waals surface area contributed by atoms with Gasteiger partial charge in [0.15, 0.2) is 11.9 Å². The standard InChI is InChI=1S/C18H19N3O/c1-12-6-5-7-13(8-12)16-9-15(18(2,3)4)17-19-14(11-22)10-21(17)20-16/h5-11H,1-4H3. The van der Waals surface area contributed by atoms with E-state index < -0.39 is 0 Å². The first-order valence-corrected chi connectivity index (χ1v) is 7.31. The maximum absolute atomic E-state index is 11.0. The summed E-state index contributed by atoms with van der Waals surface area (Å²) in [4.78, 5) is 15.4. The molecular weight excluding hydrogens is 274 g/mol. The largest absolute Gasteiger partial charge is 0.296 e. The summed E-state index contributed by atoms with van der Waals surface area (Å²) in [7, 11) is 0. The second kappa shape index (κ2) is 5.05. The number of hydrogen-bond donors (Lipinski definition) is 0. The molecule has 22 heavy (non-hydrogen) atoms. The molecule has 0 saturated heterocycles. The molecule has 4 heteroatoms. The van der Waals surface area contributed by atoms with Gasteiger partial charge >= 0.3 is 0 Å². The first-order chi connectivity index (χ1) is 10.4. The predicted molar refractivity (Wildman–Crippen MR) is 87.2 cm³/mol. The first-order valence-electron chi connectivity index (χ1n) is 7.31. The molecule has 112 valence electrons. The summed E-state index contributed by atoms with van der Waals surface area (Å²) in [5.41, 5.74) is 5.27. The van der Waals surface area contributed by atoms with Crippen molar-refractivity contribution < 1.29 is 4.79 Å². The van der Waals surface area contributed by atoms with E-state index in [1.807, 2.05) is 12.1 Å². The summed E-state index contributed by atoms with van der Waals surface area (Å²) in [5, 5.41) is 4.62. The lowest BCUT2D eigenvalue weighted by atomic mass is 9.87. The SMILES string of the molecule is Cc1cccc(-c2cc(C(C)(C)C)c3nc(C=O)cn3n2)c1. The van der Waals surface area contributed by atoms with Gasteiger partial charge in [0, 0.05) is 11.1 Å². The molecule has 0 bridgehead atoms. The van der Waals surface area contributed by atoms with Crippen LogP contribution in [0.5, 0.6) is 0 Å². The van der Waals surface area contributed by atoms with E-state index in [1.54, 1.807) is 10.7 Å². The average Bonchev–Trinajstić information content (AvgIpc) is 2.88. The van der Waals surface area contributed by atoms with E-state index in [-0.39, 0.29) is 5.41 Å². The average molecular weight is 293 g/mol. The summed E-state index contributed by atoms with van der Waals surface area (Å²) in [6.07, 6.45) is 2.43. The highest BCUT2D eigenvalue weighted by molar-refractivity contribution is 5.74. The Hall–Kier alpha value is -2.49. The third-order valence-electron chi connectivity index (χ3n) is 3.69. The lowest BCUT2D eigenvalue weighted by Crippen LogP contribution is -2.14. The normalized spacial score (nSPS) is 11.8. The number of fused-ring (bicyclic) bond motifs is 1. The Kier molecular flexibility index (Phi) is 3.32. The number of aromatic nitrogens is 3. The van der Waals surface area contributed by atoms with Gasteiger partial charge in [-0.1, -0.05) is 44.5 Å². The van der Waals surface area contributed by atoms with Crippen molar-refractivity contribution in [3.8, 4) is 11.3 Å². The third kappa shape index (κ3) is 2.52. The highest BCUT2D eigenvalue weighted by Crippen LogP contribution is 2.29. The zero-order valence-corrected chi connectivity index (χ0v) is 13.3. The Morgan fingerprint density at radius 3 is 2.59 bits per heavy atom. The van der Waals surface area contributed by atoms with E-state index in [2.05, 4.69) is 56.0 Å². The van der Waals surface area contributed by atoms with Gasteiger partial charge in [0.2, 0.25) is 0 Å². The fraction of sp³-hybridized carbons (Fsp3) is 0.278. The van der Waals surface area contributed by atoms with Crippen LogP contribution < -0.4 is 0 Å². The van der Waals surface area contributed by atoms with E-state index >= 15 is 0 Å². The van der Waals surface area contributed by atoms with Crippen molar-refractivity contribution in [1.29, 1.82) is 0 Å². The summed E-state index contributed by atoms with van der Waals surface area (Å²) in [5.74, 6) is 0. The van der Waals surface area contributed by atoms with Crippen LogP contribution in [0.25, 0.3) is 16.9 Å². The van der Waals surface area contributed by atoms with E-state index in [9.17, 15) is 4.79 Å². The molecule has 3 rings (SSSR count). The van der Waals surface area contributed by atoms with Gasteiger partial charge in [-0.25, -0.2) is 9.50 Å². The summed E-state index contributed by atoms with van der Waals surface area (Å²) < 4.78 is 1.71. The lowest BCUT2D eigenvalue weighted by molar-refractivity contribution is 0.111. The van der Waals surface area contributed by atoms with Gasteiger partial charge in [-0.2, -0.15) is 5.10 Å². The molecule has 0 unspecified atom stereocenters. The molecule has 0 spiro atoms. The van der Waals surface area contributed by atoms with Crippen molar-refractivity contribution in [1.82, 2.24) is 14.6 Å². The van der Waals surface area contributed by atoms with Crippen molar-refractivity contribution in [3.05, 3.63) is 53.3 Å². The van der Waals surface area contributed by atoms with Crippen molar-refractivity contribution in [2.75, 3.05) is 0 Å². The molecule has 0 radical (unpaired) electrons. The topological polar surface area (TPSA) is 47.3 Å². The fourth-order valence-corrected chi connectivity index (χ4v) is 2.55. The van der Waals surface area contributed by atoms with Crippen LogP contribution in [0.15, 0.2) is 36.5 Å². The minimum absolute atomic E-state index is 0.0890. The monoisotopic (exact) mass is 293 g/mol. The molecule has 0 atom stereocenters. The van der Waals surface area contributed by atoms with Crippen molar-refractivity contribution in [2.24, 2.45) is 0 Å². The number of carbonyl (C=O) groups is 1. The van der Waals surface area contributed by atoms with Gasteiger partial charge in [0.25, 0.3) is 0 Å². The maximum atomic E-state index is 11.0. The number of aryl methyl sites for hydroxylation is 1. The Bertz CT molecular complexity index is 856. The number of aldehydes is 1. The molecule has 0 aliphatic carbocycles. The van der Waals surface area contributed by atoms with E-state index in [4.69, 9.17) is 0 Å². The van der Waals surface area contributed by atoms with Gasteiger partial charge in [-0.05, 0) is 24.5 Å². The molecule has 0 aliphatic heterocycles. The van der Waals surface area contributed by atoms with Crippen molar-refractivity contribution >= 4 is 11.9 Å². The molecule has 3 aromatic rings. The van der Waals surface area contributed by atoms with Gasteiger partial charge in [-0.3, -0.25) is 4.79 Å². The van der Waals surface area contributed by atoms with Crippen LogP contribution >= 0.6 is 0 Å². The highest BCUT2D eigenvalue weighted by Gasteiger charge is 2.21. The van der Waals surface area contributed by atoms with Crippen molar-refractivity contribution in [3.63, 3.8) is 0 Å². The van der Waals surface area contributed by atoms with Crippen LogP contribution in [0, 0.1) is 6.92 Å². The second-order valence-corrected chi connectivity index (χ2v) is 6.61. The number of hydrogen-bond acceptors (Lipinski definition) is 3. The summed E-state index contributed by atoms with van der Waals surface area (Å²) >= 11 is 0. The lowest BCUT2D eigenvalue weighted by Gasteiger charge is -2.20. The van der Waals surface area contributed by atoms with Crippen molar-refractivity contribution in [2.45, 2.75) is 33.1 Å². The first kappa shape index (κ1) is 14.4. The van der Waals surface area contributed by atoms with E-state index in [1.165, 1.54) is 5.56 Å². The molecular formula is C18H19N3O. The number of rotatable bonds is 2. The molecule has 1 aromatic carbocycles. The predicted octanol–water partition coefficient (Wildman–Crippen LogP) is 3.81. The van der Waals surface area contributed by atoms with Gasteiger partial charge in [0.1, 0.15) is 5.69 Å². The van der Waals surface area contributed by atoms with Crippen LogP contribution in [0.2, 0.25) is 0 Å². The van der Waals surface area contributed by atoms with Crippen LogP contribution in [0.3, 0.4) is 0 Å². The van der Waals surface area contributed by atoms with Crippen LogP contribution in [0.1, 0.15) is 42.4 Å². The molecule has 0 fully saturated rings. The minimum atomic E-state index is -0.0890. The van der Waals surface area contributed by atoms with Crippen LogP contribution in [-0.2, 0) is 5.41 Å². The number of benzene rings is 1. The molecule has 4 nitrogen and oxygen atoms in total. The van der Waals surface area contributed by atoms with Gasteiger partial charge in [-0.15, -0.1) is 0 Å². The minimum Gasteiger partial charge on any atom is -0.296 e. The number of carbonyl (C=O) groups excluding carboxylic acids is 1. The zero-order chi connectivity index (χ0) is 15.9. The van der Waals surface area contributed by atoms with Gasteiger partial charge < -0.3 is 0 Å².